The lowest BCUT2D eigenvalue weighted by Gasteiger charge is -2.32. The number of ether oxygens (including phenoxy) is 2. The van der Waals surface area contributed by atoms with Gasteiger partial charge >= 0.3 is 5.97 Å². The minimum atomic E-state index is -0.933. The average molecular weight is 522 g/mol. The lowest BCUT2D eigenvalue weighted by Crippen LogP contribution is -2.41. The molecule has 1 aliphatic heterocycles. The van der Waals surface area contributed by atoms with Crippen LogP contribution in [0.25, 0.3) is 11.1 Å². The molecule has 0 atom stereocenters. The van der Waals surface area contributed by atoms with Crippen LogP contribution in [0, 0.1) is 6.92 Å². The van der Waals surface area contributed by atoms with Crippen molar-refractivity contribution in [2.75, 3.05) is 13.1 Å². The van der Waals surface area contributed by atoms with Crippen LogP contribution >= 0.6 is 0 Å². The molecular formula is C33H31NO5. The third kappa shape index (κ3) is 6.65. The highest BCUT2D eigenvalue weighted by Gasteiger charge is 2.24. The first-order chi connectivity index (χ1) is 18.9. The topological polar surface area (TPSA) is 76.1 Å². The van der Waals surface area contributed by atoms with Crippen molar-refractivity contribution < 1.29 is 24.2 Å². The minimum absolute atomic E-state index is 0.0850. The zero-order chi connectivity index (χ0) is 27.2. The Morgan fingerprint density at radius 1 is 0.744 bits per heavy atom. The summed E-state index contributed by atoms with van der Waals surface area (Å²) in [5.74, 6) is 0.729. The summed E-state index contributed by atoms with van der Waals surface area (Å²) in [6, 6.07) is 30.2. The zero-order valence-electron chi connectivity index (χ0n) is 21.9. The van der Waals surface area contributed by atoms with Crippen LogP contribution in [0.4, 0.5) is 0 Å². The van der Waals surface area contributed by atoms with E-state index in [9.17, 15) is 9.59 Å². The molecule has 1 amide bonds. The van der Waals surface area contributed by atoms with Gasteiger partial charge in [-0.1, -0.05) is 54.1 Å². The molecule has 1 saturated heterocycles. The van der Waals surface area contributed by atoms with E-state index in [1.165, 1.54) is 0 Å². The van der Waals surface area contributed by atoms with Gasteiger partial charge in [0.2, 0.25) is 0 Å². The zero-order valence-corrected chi connectivity index (χ0v) is 21.9. The Labute approximate surface area is 228 Å². The summed E-state index contributed by atoms with van der Waals surface area (Å²) < 4.78 is 12.1. The van der Waals surface area contributed by atoms with Gasteiger partial charge in [0.05, 0.1) is 5.56 Å². The summed E-state index contributed by atoms with van der Waals surface area (Å²) in [5.41, 5.74) is 5.13. The highest BCUT2D eigenvalue weighted by atomic mass is 16.5. The van der Waals surface area contributed by atoms with Crippen LogP contribution in [-0.2, 0) is 6.61 Å². The number of likely N-dealkylation sites (tertiary alicyclic amines) is 1. The molecule has 1 fully saturated rings. The van der Waals surface area contributed by atoms with Gasteiger partial charge in [-0.25, -0.2) is 4.79 Å². The smallest absolute Gasteiger partial charge is 0.335 e. The number of aryl methyl sites for hydroxylation is 1. The monoisotopic (exact) mass is 521 g/mol. The predicted molar refractivity (Wildman–Crippen MR) is 150 cm³/mol. The number of carboxylic acid groups (broad SMARTS) is 1. The first kappa shape index (κ1) is 26.0. The number of rotatable bonds is 8. The molecule has 0 spiro atoms. The van der Waals surface area contributed by atoms with Crippen LogP contribution in [0.3, 0.4) is 0 Å². The fourth-order valence-corrected chi connectivity index (χ4v) is 4.63. The lowest BCUT2D eigenvalue weighted by molar-refractivity contribution is 0.0594. The molecule has 39 heavy (non-hydrogen) atoms. The van der Waals surface area contributed by atoms with E-state index < -0.39 is 5.97 Å². The SMILES string of the molecule is Cc1ccc(C(=O)N2CCC(Oc3ccc(COc4ccc(-c5ccc(C(=O)O)cc5)cc4)cc3)CC2)cc1. The van der Waals surface area contributed by atoms with Crippen molar-refractivity contribution in [2.24, 2.45) is 0 Å². The number of carbonyl (C=O) groups is 2. The molecule has 6 heteroatoms. The van der Waals surface area contributed by atoms with Crippen molar-refractivity contribution >= 4 is 11.9 Å². The van der Waals surface area contributed by atoms with Crippen molar-refractivity contribution in [2.45, 2.75) is 32.5 Å². The highest BCUT2D eigenvalue weighted by molar-refractivity contribution is 5.94. The van der Waals surface area contributed by atoms with E-state index in [1.807, 2.05) is 84.6 Å². The van der Waals surface area contributed by atoms with E-state index in [0.717, 1.165) is 52.2 Å². The summed E-state index contributed by atoms with van der Waals surface area (Å²) in [7, 11) is 0. The normalized spacial score (nSPS) is 13.6. The molecule has 0 aliphatic carbocycles. The van der Waals surface area contributed by atoms with Gasteiger partial charge in [-0.2, -0.15) is 0 Å². The molecule has 0 saturated carbocycles. The van der Waals surface area contributed by atoms with Gasteiger partial charge in [-0.15, -0.1) is 0 Å². The standard InChI is InChI=1S/C33H31NO5/c1-23-2-6-27(7-3-23)32(35)34-20-18-31(19-21-34)39-30-14-4-24(5-15-30)22-38-29-16-12-26(13-17-29)25-8-10-28(11-9-25)33(36)37/h2-17,31H,18-22H2,1H3,(H,36,37). The number of benzene rings is 4. The summed E-state index contributed by atoms with van der Waals surface area (Å²) >= 11 is 0. The van der Waals surface area contributed by atoms with Crippen molar-refractivity contribution in [3.63, 3.8) is 0 Å². The van der Waals surface area contributed by atoms with Crippen LogP contribution in [-0.4, -0.2) is 41.1 Å². The number of carboxylic acids is 1. The van der Waals surface area contributed by atoms with Crippen LogP contribution in [0.2, 0.25) is 0 Å². The van der Waals surface area contributed by atoms with Gasteiger partial charge < -0.3 is 19.5 Å². The summed E-state index contributed by atoms with van der Waals surface area (Å²) in [6.45, 7) is 3.84. The number of piperidine rings is 1. The Hall–Kier alpha value is -4.58. The van der Waals surface area contributed by atoms with E-state index >= 15 is 0 Å². The average Bonchev–Trinajstić information content (AvgIpc) is 2.97. The van der Waals surface area contributed by atoms with Gasteiger partial charge in [0, 0.05) is 31.5 Å². The van der Waals surface area contributed by atoms with E-state index in [0.29, 0.717) is 19.7 Å². The van der Waals surface area contributed by atoms with E-state index in [4.69, 9.17) is 14.6 Å². The molecule has 5 rings (SSSR count). The summed E-state index contributed by atoms with van der Waals surface area (Å²) in [6.07, 6.45) is 1.71. The van der Waals surface area contributed by atoms with Crippen molar-refractivity contribution in [3.05, 3.63) is 119 Å². The summed E-state index contributed by atoms with van der Waals surface area (Å²) in [4.78, 5) is 25.7. The Morgan fingerprint density at radius 2 is 1.28 bits per heavy atom. The third-order valence-electron chi connectivity index (χ3n) is 6.98. The van der Waals surface area contributed by atoms with Crippen molar-refractivity contribution in [1.82, 2.24) is 4.90 Å². The van der Waals surface area contributed by atoms with E-state index in [2.05, 4.69) is 0 Å². The maximum atomic E-state index is 12.7. The molecule has 1 N–H and O–H groups in total. The second-order valence-electron chi connectivity index (χ2n) is 9.81. The molecule has 4 aromatic rings. The Morgan fingerprint density at radius 3 is 1.87 bits per heavy atom. The maximum Gasteiger partial charge on any atom is 0.335 e. The van der Waals surface area contributed by atoms with Gasteiger partial charge in [0.1, 0.15) is 24.2 Å². The quantitative estimate of drug-likeness (QED) is 0.282. The molecule has 198 valence electrons. The molecule has 1 aliphatic rings. The van der Waals surface area contributed by atoms with Gasteiger partial charge in [0.25, 0.3) is 5.91 Å². The molecule has 1 heterocycles. The Kier molecular flexibility index (Phi) is 7.92. The third-order valence-corrected chi connectivity index (χ3v) is 6.98. The van der Waals surface area contributed by atoms with Gasteiger partial charge in [-0.05, 0) is 72.1 Å². The highest BCUT2D eigenvalue weighted by Crippen LogP contribution is 2.25. The van der Waals surface area contributed by atoms with Crippen LogP contribution < -0.4 is 9.47 Å². The Balaban J connectivity index is 1.08. The summed E-state index contributed by atoms with van der Waals surface area (Å²) in [5, 5.41) is 9.05. The molecule has 0 unspecified atom stereocenters. The van der Waals surface area contributed by atoms with Crippen molar-refractivity contribution in [1.29, 1.82) is 0 Å². The molecule has 4 aromatic carbocycles. The number of aromatic carboxylic acids is 1. The van der Waals surface area contributed by atoms with Crippen molar-refractivity contribution in [3.8, 4) is 22.6 Å². The van der Waals surface area contributed by atoms with Crippen LogP contribution in [0.15, 0.2) is 97.1 Å². The molecule has 0 aromatic heterocycles. The fraction of sp³-hybridized carbons (Fsp3) is 0.212. The lowest BCUT2D eigenvalue weighted by atomic mass is 10.0. The fourth-order valence-electron chi connectivity index (χ4n) is 4.63. The first-order valence-electron chi connectivity index (χ1n) is 13.1. The minimum Gasteiger partial charge on any atom is -0.490 e. The molecule has 0 bridgehead atoms. The Bertz CT molecular complexity index is 1400. The number of hydrogen-bond acceptors (Lipinski definition) is 4. The number of nitrogens with zero attached hydrogens (tertiary/aromatic N) is 1. The van der Waals surface area contributed by atoms with E-state index in [1.54, 1.807) is 24.3 Å². The second kappa shape index (κ2) is 11.9. The number of amides is 1. The second-order valence-corrected chi connectivity index (χ2v) is 9.81. The molecule has 0 radical (unpaired) electrons. The molecular weight excluding hydrogens is 490 g/mol. The van der Waals surface area contributed by atoms with Gasteiger partial charge in [-0.3, -0.25) is 4.79 Å². The number of hydrogen-bond donors (Lipinski definition) is 1. The maximum absolute atomic E-state index is 12.7. The predicted octanol–water partition coefficient (Wildman–Crippen LogP) is 6.62. The van der Waals surface area contributed by atoms with E-state index in [-0.39, 0.29) is 17.6 Å². The first-order valence-corrected chi connectivity index (χ1v) is 13.1. The molecule has 6 nitrogen and oxygen atoms in total. The van der Waals surface area contributed by atoms with Gasteiger partial charge in [0.15, 0.2) is 0 Å². The number of carbonyl (C=O) groups excluding carboxylic acids is 1. The largest absolute Gasteiger partial charge is 0.490 e. The van der Waals surface area contributed by atoms with Crippen LogP contribution in [0.1, 0.15) is 44.7 Å². The van der Waals surface area contributed by atoms with Crippen LogP contribution in [0.5, 0.6) is 11.5 Å².